The average Bonchev–Trinajstić information content (AvgIpc) is 1.94. The molecule has 1 saturated heterocycles. The van der Waals surface area contributed by atoms with Crippen LogP contribution in [-0.2, 0) is 9.47 Å². The standard InChI is InChI=1S/C8H15ClO2/c1-8(2)5-4-6(9)7(10-3)11-8/h6-7H,4-5H2,1-3H3. The molecule has 0 aliphatic carbocycles. The third-order valence-electron chi connectivity index (χ3n) is 1.98. The van der Waals surface area contributed by atoms with Crippen LogP contribution in [0.5, 0.6) is 0 Å². The molecular weight excluding hydrogens is 164 g/mol. The smallest absolute Gasteiger partial charge is 0.174 e. The van der Waals surface area contributed by atoms with Crippen molar-refractivity contribution in [1.29, 1.82) is 0 Å². The summed E-state index contributed by atoms with van der Waals surface area (Å²) in [5.41, 5.74) is -0.0773. The third-order valence-corrected chi connectivity index (χ3v) is 2.41. The van der Waals surface area contributed by atoms with E-state index in [4.69, 9.17) is 21.1 Å². The van der Waals surface area contributed by atoms with Gasteiger partial charge in [0.1, 0.15) is 0 Å². The monoisotopic (exact) mass is 178 g/mol. The van der Waals surface area contributed by atoms with Crippen LogP contribution < -0.4 is 0 Å². The van der Waals surface area contributed by atoms with Crippen molar-refractivity contribution in [2.24, 2.45) is 0 Å². The highest BCUT2D eigenvalue weighted by Gasteiger charge is 2.34. The van der Waals surface area contributed by atoms with Crippen LogP contribution in [0.15, 0.2) is 0 Å². The SMILES string of the molecule is COC1OC(C)(C)CCC1Cl. The Hall–Kier alpha value is 0.210. The molecule has 0 aromatic heterocycles. The number of methoxy groups -OCH3 is 1. The van der Waals surface area contributed by atoms with Gasteiger partial charge in [-0.1, -0.05) is 0 Å². The molecule has 0 N–H and O–H groups in total. The summed E-state index contributed by atoms with van der Waals surface area (Å²) in [7, 11) is 1.63. The molecule has 1 rings (SSSR count). The van der Waals surface area contributed by atoms with Gasteiger partial charge in [0.2, 0.25) is 0 Å². The van der Waals surface area contributed by atoms with Crippen LogP contribution >= 0.6 is 11.6 Å². The zero-order chi connectivity index (χ0) is 8.48. The number of hydrogen-bond acceptors (Lipinski definition) is 2. The van der Waals surface area contributed by atoms with Gasteiger partial charge < -0.3 is 9.47 Å². The molecule has 2 unspecified atom stereocenters. The fraction of sp³-hybridized carbons (Fsp3) is 1.00. The molecule has 1 heterocycles. The summed E-state index contributed by atoms with van der Waals surface area (Å²) in [6.07, 6.45) is 1.73. The van der Waals surface area contributed by atoms with Crippen molar-refractivity contribution in [1.82, 2.24) is 0 Å². The summed E-state index contributed by atoms with van der Waals surface area (Å²) in [5, 5.41) is 0.00743. The third kappa shape index (κ3) is 2.32. The van der Waals surface area contributed by atoms with E-state index >= 15 is 0 Å². The van der Waals surface area contributed by atoms with Crippen molar-refractivity contribution >= 4 is 11.6 Å². The van der Waals surface area contributed by atoms with E-state index in [1.54, 1.807) is 7.11 Å². The second-order valence-corrected chi connectivity index (χ2v) is 4.10. The number of rotatable bonds is 1. The van der Waals surface area contributed by atoms with Gasteiger partial charge >= 0.3 is 0 Å². The Kier molecular flexibility index (Phi) is 2.79. The lowest BCUT2D eigenvalue weighted by atomic mass is 9.97. The van der Waals surface area contributed by atoms with E-state index in [2.05, 4.69) is 13.8 Å². The summed E-state index contributed by atoms with van der Waals surface area (Å²) in [6.45, 7) is 4.11. The fourth-order valence-corrected chi connectivity index (χ4v) is 1.53. The zero-order valence-electron chi connectivity index (χ0n) is 7.26. The summed E-state index contributed by atoms with van der Waals surface area (Å²) in [4.78, 5) is 0. The molecule has 0 radical (unpaired) electrons. The first-order valence-corrected chi connectivity index (χ1v) is 4.33. The van der Waals surface area contributed by atoms with Crippen molar-refractivity contribution in [2.45, 2.75) is 44.0 Å². The van der Waals surface area contributed by atoms with Gasteiger partial charge in [0.05, 0.1) is 11.0 Å². The lowest BCUT2D eigenvalue weighted by Gasteiger charge is -2.37. The number of alkyl halides is 1. The molecule has 2 atom stereocenters. The lowest BCUT2D eigenvalue weighted by Crippen LogP contribution is -2.42. The highest BCUT2D eigenvalue weighted by molar-refractivity contribution is 6.20. The van der Waals surface area contributed by atoms with Crippen LogP contribution in [0.1, 0.15) is 26.7 Å². The van der Waals surface area contributed by atoms with E-state index in [-0.39, 0.29) is 17.3 Å². The Labute approximate surface area is 72.8 Å². The van der Waals surface area contributed by atoms with E-state index in [0.717, 1.165) is 12.8 Å². The first kappa shape index (κ1) is 9.30. The summed E-state index contributed by atoms with van der Waals surface area (Å²) in [6, 6.07) is 0. The summed E-state index contributed by atoms with van der Waals surface area (Å²) < 4.78 is 10.7. The molecule has 66 valence electrons. The normalized spacial score (nSPS) is 37.1. The quantitative estimate of drug-likeness (QED) is 0.573. The molecule has 0 bridgehead atoms. The van der Waals surface area contributed by atoms with E-state index in [1.807, 2.05) is 0 Å². The lowest BCUT2D eigenvalue weighted by molar-refractivity contribution is -0.210. The summed E-state index contributed by atoms with van der Waals surface area (Å²) in [5.74, 6) is 0. The zero-order valence-corrected chi connectivity index (χ0v) is 8.02. The van der Waals surface area contributed by atoms with Gasteiger partial charge in [-0.3, -0.25) is 0 Å². The Balaban J connectivity index is 2.51. The first-order chi connectivity index (χ1) is 5.05. The molecule has 2 nitrogen and oxygen atoms in total. The minimum Gasteiger partial charge on any atom is -0.354 e. The topological polar surface area (TPSA) is 18.5 Å². The Bertz CT molecular complexity index is 136. The van der Waals surface area contributed by atoms with E-state index in [1.165, 1.54) is 0 Å². The van der Waals surface area contributed by atoms with Crippen LogP contribution in [0.2, 0.25) is 0 Å². The van der Waals surface area contributed by atoms with E-state index in [0.29, 0.717) is 0 Å². The van der Waals surface area contributed by atoms with Crippen molar-refractivity contribution in [2.75, 3.05) is 7.11 Å². The molecule has 1 fully saturated rings. The molecule has 11 heavy (non-hydrogen) atoms. The molecular formula is C8H15ClO2. The van der Waals surface area contributed by atoms with Crippen LogP contribution in [0.25, 0.3) is 0 Å². The Morgan fingerprint density at radius 2 is 2.18 bits per heavy atom. The molecule has 0 saturated carbocycles. The fourth-order valence-electron chi connectivity index (χ4n) is 1.26. The maximum absolute atomic E-state index is 5.96. The summed E-state index contributed by atoms with van der Waals surface area (Å²) >= 11 is 5.96. The van der Waals surface area contributed by atoms with Crippen LogP contribution in [0, 0.1) is 0 Å². The van der Waals surface area contributed by atoms with Gasteiger partial charge in [-0.05, 0) is 26.7 Å². The minimum absolute atomic E-state index is 0.00743. The number of hydrogen-bond donors (Lipinski definition) is 0. The Morgan fingerprint density at radius 3 is 2.64 bits per heavy atom. The second kappa shape index (κ2) is 3.30. The van der Waals surface area contributed by atoms with Crippen molar-refractivity contribution in [3.63, 3.8) is 0 Å². The van der Waals surface area contributed by atoms with Gasteiger partial charge in [0.15, 0.2) is 6.29 Å². The van der Waals surface area contributed by atoms with Gasteiger partial charge in [-0.2, -0.15) is 0 Å². The van der Waals surface area contributed by atoms with Crippen LogP contribution in [-0.4, -0.2) is 24.4 Å². The minimum atomic E-state index is -0.236. The van der Waals surface area contributed by atoms with Crippen molar-refractivity contribution < 1.29 is 9.47 Å². The predicted octanol–water partition coefficient (Wildman–Crippen LogP) is 2.16. The average molecular weight is 179 g/mol. The van der Waals surface area contributed by atoms with Gasteiger partial charge in [0, 0.05) is 7.11 Å². The van der Waals surface area contributed by atoms with Gasteiger partial charge in [-0.25, -0.2) is 0 Å². The highest BCUT2D eigenvalue weighted by Crippen LogP contribution is 2.31. The number of ether oxygens (including phenoxy) is 2. The molecule has 0 amide bonds. The molecule has 0 spiro atoms. The van der Waals surface area contributed by atoms with Crippen LogP contribution in [0.3, 0.4) is 0 Å². The van der Waals surface area contributed by atoms with Crippen LogP contribution in [0.4, 0.5) is 0 Å². The van der Waals surface area contributed by atoms with Gasteiger partial charge in [-0.15, -0.1) is 11.6 Å². The molecule has 0 aromatic carbocycles. The highest BCUT2D eigenvalue weighted by atomic mass is 35.5. The largest absolute Gasteiger partial charge is 0.354 e. The van der Waals surface area contributed by atoms with E-state index < -0.39 is 0 Å². The number of halogens is 1. The van der Waals surface area contributed by atoms with Crippen molar-refractivity contribution in [3.05, 3.63) is 0 Å². The molecule has 0 aromatic rings. The molecule has 1 aliphatic heterocycles. The predicted molar refractivity (Wildman–Crippen MR) is 44.8 cm³/mol. The Morgan fingerprint density at radius 1 is 1.55 bits per heavy atom. The van der Waals surface area contributed by atoms with Crippen molar-refractivity contribution in [3.8, 4) is 0 Å². The van der Waals surface area contributed by atoms with Gasteiger partial charge in [0.25, 0.3) is 0 Å². The first-order valence-electron chi connectivity index (χ1n) is 3.90. The maximum Gasteiger partial charge on any atom is 0.174 e. The maximum atomic E-state index is 5.96. The molecule has 3 heteroatoms. The van der Waals surface area contributed by atoms with E-state index in [9.17, 15) is 0 Å². The molecule has 1 aliphatic rings. The second-order valence-electron chi connectivity index (χ2n) is 3.54.